The zero-order chi connectivity index (χ0) is 21.6. The van der Waals surface area contributed by atoms with E-state index in [9.17, 15) is 9.59 Å². The van der Waals surface area contributed by atoms with Gasteiger partial charge in [-0.05, 0) is 23.6 Å². The van der Waals surface area contributed by atoms with Gasteiger partial charge in [-0.3, -0.25) is 9.59 Å². The van der Waals surface area contributed by atoms with Crippen molar-refractivity contribution in [1.82, 2.24) is 9.88 Å². The van der Waals surface area contributed by atoms with Gasteiger partial charge in [0.25, 0.3) is 0 Å². The van der Waals surface area contributed by atoms with Crippen LogP contribution in [0.1, 0.15) is 4.88 Å². The maximum Gasteiger partial charge on any atom is 0.243 e. The molecule has 0 fully saturated rings. The van der Waals surface area contributed by atoms with Crippen molar-refractivity contribution in [3.05, 3.63) is 83.1 Å². The molecule has 5 nitrogen and oxygen atoms in total. The van der Waals surface area contributed by atoms with Gasteiger partial charge in [0.2, 0.25) is 11.8 Å². The predicted octanol–water partition coefficient (Wildman–Crippen LogP) is 5.18. The fourth-order valence-electron chi connectivity index (χ4n) is 3.08. The topological polar surface area (TPSA) is 62.3 Å². The number of aromatic nitrogens is 1. The van der Waals surface area contributed by atoms with Crippen LogP contribution in [0.5, 0.6) is 0 Å². The SMILES string of the molecule is CN(CC(=O)Nc1ccccc1)C(=O)Cc1sc(-c2ccccc2)nc1-c1cccs1. The minimum atomic E-state index is -0.227. The van der Waals surface area contributed by atoms with Gasteiger partial charge in [0, 0.05) is 23.2 Å². The number of anilines is 1. The molecule has 1 N–H and O–H groups in total. The number of rotatable bonds is 7. The standard InChI is InChI=1S/C24H21N3O2S2/c1-27(16-21(28)25-18-11-6-3-7-12-18)22(29)15-20-23(19-13-8-14-30-19)26-24(31-20)17-9-4-2-5-10-17/h2-14H,15-16H2,1H3,(H,25,28). The van der Waals surface area contributed by atoms with Gasteiger partial charge in [0.05, 0.1) is 23.5 Å². The number of amides is 2. The number of nitrogens with one attached hydrogen (secondary N) is 1. The van der Waals surface area contributed by atoms with Gasteiger partial charge in [0.15, 0.2) is 0 Å². The number of thiophene rings is 1. The highest BCUT2D eigenvalue weighted by atomic mass is 32.1. The third-order valence-corrected chi connectivity index (χ3v) is 6.63. The van der Waals surface area contributed by atoms with E-state index < -0.39 is 0 Å². The monoisotopic (exact) mass is 447 g/mol. The van der Waals surface area contributed by atoms with Crippen molar-refractivity contribution in [3.8, 4) is 21.1 Å². The van der Waals surface area contributed by atoms with E-state index in [1.807, 2.05) is 78.2 Å². The van der Waals surface area contributed by atoms with Crippen molar-refractivity contribution in [2.24, 2.45) is 0 Å². The van der Waals surface area contributed by atoms with Crippen LogP contribution in [0.25, 0.3) is 21.1 Å². The number of hydrogen-bond acceptors (Lipinski definition) is 5. The molecule has 0 unspecified atom stereocenters. The maximum atomic E-state index is 12.9. The Morgan fingerprint density at radius 1 is 0.968 bits per heavy atom. The quantitative estimate of drug-likeness (QED) is 0.425. The van der Waals surface area contributed by atoms with Crippen molar-refractivity contribution in [1.29, 1.82) is 0 Å². The molecule has 2 heterocycles. The molecule has 31 heavy (non-hydrogen) atoms. The van der Waals surface area contributed by atoms with E-state index in [0.717, 1.165) is 26.0 Å². The van der Waals surface area contributed by atoms with Crippen LogP contribution in [-0.2, 0) is 16.0 Å². The molecule has 0 aliphatic rings. The molecule has 0 radical (unpaired) electrons. The van der Waals surface area contributed by atoms with E-state index in [1.165, 1.54) is 16.2 Å². The van der Waals surface area contributed by atoms with Crippen molar-refractivity contribution in [3.63, 3.8) is 0 Å². The number of carbonyl (C=O) groups is 2. The Balaban J connectivity index is 1.49. The Morgan fingerprint density at radius 3 is 2.35 bits per heavy atom. The Labute approximate surface area is 189 Å². The highest BCUT2D eigenvalue weighted by Crippen LogP contribution is 2.36. The van der Waals surface area contributed by atoms with Gasteiger partial charge < -0.3 is 10.2 Å². The van der Waals surface area contributed by atoms with E-state index in [1.54, 1.807) is 18.4 Å². The molecule has 0 bridgehead atoms. The molecule has 0 saturated carbocycles. The van der Waals surface area contributed by atoms with Gasteiger partial charge in [-0.15, -0.1) is 22.7 Å². The van der Waals surface area contributed by atoms with E-state index in [2.05, 4.69) is 5.32 Å². The Hall–Kier alpha value is -3.29. The van der Waals surface area contributed by atoms with E-state index in [-0.39, 0.29) is 24.8 Å². The third-order valence-electron chi connectivity index (χ3n) is 4.65. The lowest BCUT2D eigenvalue weighted by Gasteiger charge is -2.16. The van der Waals surface area contributed by atoms with E-state index >= 15 is 0 Å². The average Bonchev–Trinajstić information content (AvgIpc) is 3.45. The first kappa shape index (κ1) is 21.0. The van der Waals surface area contributed by atoms with Crippen LogP contribution in [0, 0.1) is 0 Å². The summed E-state index contributed by atoms with van der Waals surface area (Å²) in [5.41, 5.74) is 2.58. The summed E-state index contributed by atoms with van der Waals surface area (Å²) in [4.78, 5) is 33.4. The summed E-state index contributed by atoms with van der Waals surface area (Å²) in [6.45, 7) is -0.00753. The van der Waals surface area contributed by atoms with Crippen LogP contribution in [0.15, 0.2) is 78.2 Å². The molecule has 2 aromatic heterocycles. The summed E-state index contributed by atoms with van der Waals surface area (Å²) in [5.74, 6) is -0.348. The molecule has 0 aliphatic carbocycles. The minimum Gasteiger partial charge on any atom is -0.336 e. The van der Waals surface area contributed by atoms with Crippen molar-refractivity contribution in [2.75, 3.05) is 18.9 Å². The second kappa shape index (κ2) is 9.68. The number of likely N-dealkylation sites (N-methyl/N-ethyl adjacent to an activating group) is 1. The first-order chi connectivity index (χ1) is 15.1. The maximum absolute atomic E-state index is 12.9. The number of para-hydroxylation sites is 1. The molecule has 7 heteroatoms. The van der Waals surface area contributed by atoms with Crippen LogP contribution < -0.4 is 5.32 Å². The smallest absolute Gasteiger partial charge is 0.243 e. The van der Waals surface area contributed by atoms with Crippen LogP contribution in [0.3, 0.4) is 0 Å². The molecule has 2 aromatic carbocycles. The summed E-state index contributed by atoms with van der Waals surface area (Å²) in [6, 6.07) is 23.2. The number of thiazole rings is 1. The highest BCUT2D eigenvalue weighted by molar-refractivity contribution is 7.17. The molecule has 4 rings (SSSR count). The molecule has 2 amide bonds. The molecule has 156 valence electrons. The molecular weight excluding hydrogens is 426 g/mol. The number of hydrogen-bond donors (Lipinski definition) is 1. The largest absolute Gasteiger partial charge is 0.336 e. The van der Waals surface area contributed by atoms with Gasteiger partial charge in [-0.2, -0.15) is 0 Å². The summed E-state index contributed by atoms with van der Waals surface area (Å²) >= 11 is 3.13. The summed E-state index contributed by atoms with van der Waals surface area (Å²) < 4.78 is 0. The van der Waals surface area contributed by atoms with Crippen LogP contribution in [0.2, 0.25) is 0 Å². The fourth-order valence-corrected chi connectivity index (χ4v) is 4.96. The molecule has 0 spiro atoms. The lowest BCUT2D eigenvalue weighted by molar-refractivity contribution is -0.132. The van der Waals surface area contributed by atoms with E-state index in [0.29, 0.717) is 5.69 Å². The Bertz CT molecular complexity index is 1160. The fraction of sp³-hybridized carbons (Fsp3) is 0.125. The highest BCUT2D eigenvalue weighted by Gasteiger charge is 2.20. The van der Waals surface area contributed by atoms with Crippen LogP contribution >= 0.6 is 22.7 Å². The normalized spacial score (nSPS) is 10.6. The zero-order valence-electron chi connectivity index (χ0n) is 16.9. The third kappa shape index (κ3) is 5.25. The minimum absolute atomic E-state index is 0.00753. The predicted molar refractivity (Wildman–Crippen MR) is 127 cm³/mol. The van der Waals surface area contributed by atoms with Crippen LogP contribution in [0.4, 0.5) is 5.69 Å². The lowest BCUT2D eigenvalue weighted by Crippen LogP contribution is -2.35. The summed E-state index contributed by atoms with van der Waals surface area (Å²) in [7, 11) is 1.65. The second-order valence-electron chi connectivity index (χ2n) is 6.97. The van der Waals surface area contributed by atoms with Gasteiger partial charge in [-0.1, -0.05) is 54.6 Å². The van der Waals surface area contributed by atoms with Crippen molar-refractivity contribution >= 4 is 40.2 Å². The Morgan fingerprint density at radius 2 is 1.68 bits per heavy atom. The van der Waals surface area contributed by atoms with Gasteiger partial charge in [0.1, 0.15) is 5.01 Å². The summed E-state index contributed by atoms with van der Waals surface area (Å²) in [6.07, 6.45) is 0.201. The second-order valence-corrected chi connectivity index (χ2v) is 9.01. The number of benzene rings is 2. The van der Waals surface area contributed by atoms with Crippen molar-refractivity contribution in [2.45, 2.75) is 6.42 Å². The van der Waals surface area contributed by atoms with Gasteiger partial charge >= 0.3 is 0 Å². The molecule has 0 atom stereocenters. The zero-order valence-corrected chi connectivity index (χ0v) is 18.6. The molecule has 4 aromatic rings. The molecular formula is C24H21N3O2S2. The lowest BCUT2D eigenvalue weighted by atomic mass is 10.2. The van der Waals surface area contributed by atoms with Gasteiger partial charge in [-0.25, -0.2) is 4.98 Å². The van der Waals surface area contributed by atoms with Crippen molar-refractivity contribution < 1.29 is 9.59 Å². The number of carbonyl (C=O) groups excluding carboxylic acids is 2. The van der Waals surface area contributed by atoms with E-state index in [4.69, 9.17) is 4.98 Å². The first-order valence-electron chi connectivity index (χ1n) is 9.78. The average molecular weight is 448 g/mol. The van der Waals surface area contributed by atoms with Crippen LogP contribution in [-0.4, -0.2) is 35.3 Å². The summed E-state index contributed by atoms with van der Waals surface area (Å²) in [5, 5.41) is 5.70. The Kier molecular flexibility index (Phi) is 6.54. The first-order valence-corrected chi connectivity index (χ1v) is 11.5. The number of nitrogens with zero attached hydrogens (tertiary/aromatic N) is 2. The molecule has 0 aliphatic heterocycles. The molecule has 0 saturated heterocycles.